The Morgan fingerprint density at radius 1 is 0.271 bits per heavy atom. The Morgan fingerprint density at radius 2 is 0.500 bits per heavy atom. The molecule has 0 radical (unpaired) electrons. The first-order valence-corrected chi connectivity index (χ1v) is 16.1. The molecule has 2 aliphatic rings. The summed E-state index contributed by atoms with van der Waals surface area (Å²) in [6, 6.07) is 50.0. The second kappa shape index (κ2) is 11.7. The van der Waals surface area contributed by atoms with E-state index < -0.39 is 0 Å². The van der Waals surface area contributed by atoms with Crippen molar-refractivity contribution in [1.29, 1.82) is 0 Å². The van der Waals surface area contributed by atoms with Crippen LogP contribution in [-0.4, -0.2) is 9.97 Å². The zero-order valence-electron chi connectivity index (χ0n) is 26.0. The third-order valence-corrected chi connectivity index (χ3v) is 8.86. The van der Waals surface area contributed by atoms with E-state index in [1.807, 2.05) is 24.3 Å². The molecule has 48 heavy (non-hydrogen) atoms. The fraction of sp³-hybridized carbons (Fsp3) is 0. The highest BCUT2D eigenvalue weighted by Gasteiger charge is 2.14. The highest BCUT2D eigenvalue weighted by molar-refractivity contribution is 5.99. The molecule has 0 fully saturated rings. The Hall–Kier alpha value is -6.52. The smallest absolute Gasteiger partial charge is 0.0704 e. The predicted molar refractivity (Wildman–Crippen MR) is 199 cm³/mol. The molecule has 0 spiro atoms. The van der Waals surface area contributed by atoms with Crippen LogP contribution in [0.25, 0.3) is 90.9 Å². The molecule has 4 aromatic carbocycles. The van der Waals surface area contributed by atoms with Gasteiger partial charge in [-0.3, -0.25) is 0 Å². The quantitative estimate of drug-likeness (QED) is 0.198. The number of nitrogens with zero attached hydrogens (tertiary/aromatic N) is 4. The van der Waals surface area contributed by atoms with Crippen LogP contribution < -0.4 is 9.97 Å². The molecule has 0 aliphatic carbocycles. The first-order valence-electron chi connectivity index (χ1n) is 16.1. The van der Waals surface area contributed by atoms with Crippen LogP contribution in [0.5, 0.6) is 0 Å². The van der Waals surface area contributed by atoms with Crippen LogP contribution >= 0.6 is 0 Å². The van der Waals surface area contributed by atoms with Crippen LogP contribution in [0, 0.1) is 0 Å². The van der Waals surface area contributed by atoms with Gasteiger partial charge in [-0.25, -0.2) is 9.97 Å². The van der Waals surface area contributed by atoms with E-state index in [1.54, 1.807) is 0 Å². The largest absolute Gasteiger partial charge is 0.657 e. The van der Waals surface area contributed by atoms with E-state index in [4.69, 9.17) is 19.9 Å². The lowest BCUT2D eigenvalue weighted by Gasteiger charge is -2.13. The van der Waals surface area contributed by atoms with Gasteiger partial charge in [0.2, 0.25) is 0 Å². The lowest BCUT2D eigenvalue weighted by atomic mass is 10.0. The van der Waals surface area contributed by atoms with Gasteiger partial charge in [-0.15, -0.1) is 22.1 Å². The lowest BCUT2D eigenvalue weighted by molar-refractivity contribution is 1.31. The normalized spacial score (nSPS) is 12.0. The minimum absolute atomic E-state index is 0.861. The summed E-state index contributed by atoms with van der Waals surface area (Å²) in [6.45, 7) is 0. The minimum Gasteiger partial charge on any atom is -0.657 e. The van der Waals surface area contributed by atoms with Crippen molar-refractivity contribution in [2.75, 3.05) is 0 Å². The van der Waals surface area contributed by atoms with Crippen LogP contribution in [0.3, 0.4) is 0 Å². The molecular weight excluding hydrogens is 585 g/mol. The van der Waals surface area contributed by atoms with Crippen molar-refractivity contribution < 1.29 is 0 Å². The monoisotopic (exact) mass is 612 g/mol. The van der Waals surface area contributed by atoms with Gasteiger partial charge in [-0.2, -0.15) is 0 Å². The fourth-order valence-electron chi connectivity index (χ4n) is 6.69. The van der Waals surface area contributed by atoms with E-state index in [1.165, 1.54) is 0 Å². The van der Waals surface area contributed by atoms with E-state index in [0.29, 0.717) is 0 Å². The van der Waals surface area contributed by atoms with E-state index in [9.17, 15) is 0 Å². The van der Waals surface area contributed by atoms with Crippen LogP contribution in [0.4, 0.5) is 0 Å². The summed E-state index contributed by atoms with van der Waals surface area (Å²) in [4.78, 5) is 21.2. The molecule has 0 N–H and O–H groups in total. The number of fused-ring (bicyclic) bond motifs is 8. The van der Waals surface area contributed by atoms with Gasteiger partial charge in [0.25, 0.3) is 0 Å². The van der Waals surface area contributed by atoms with Gasteiger partial charge in [-0.1, -0.05) is 146 Å². The number of rotatable bonds is 4. The van der Waals surface area contributed by atoms with Gasteiger partial charge in [0.05, 0.1) is 22.8 Å². The second-order valence-electron chi connectivity index (χ2n) is 11.8. The summed E-state index contributed by atoms with van der Waals surface area (Å²) in [7, 11) is 0. The second-order valence-corrected chi connectivity index (χ2v) is 11.8. The summed E-state index contributed by atoms with van der Waals surface area (Å²) < 4.78 is 0. The van der Waals surface area contributed by atoms with Gasteiger partial charge in [0.1, 0.15) is 0 Å². The highest BCUT2D eigenvalue weighted by atomic mass is 14.8. The van der Waals surface area contributed by atoms with Crippen molar-refractivity contribution in [3.63, 3.8) is 0 Å². The van der Waals surface area contributed by atoms with Gasteiger partial charge < -0.3 is 9.97 Å². The SMILES string of the molecule is C1=Cc2nc1c(-c1ccccc1)c1ccc([n-]1)c(-c1ccccc1)c1nc(c(-c3ccccc3)c3ccc([n-]3)c2-c2ccccc2)C=C1. The highest BCUT2D eigenvalue weighted by Crippen LogP contribution is 2.37. The molecule has 9 rings (SSSR count). The Morgan fingerprint density at radius 3 is 0.729 bits per heavy atom. The standard InChI is InChI=1S/C44H28N4/c1-5-13-29(14-6-1)41-33-21-23-35(45-33)42(30-15-7-2-8-16-30)37-25-27-39(47-37)44(32-19-11-4-12-20-32)40-28-26-38(48-40)43(31-17-9-3-10-18-31)36-24-22-34(41)46-36/h1-28H/q-2. The van der Waals surface area contributed by atoms with E-state index >= 15 is 0 Å². The average Bonchev–Trinajstić information content (AvgIpc) is 3.98. The molecule has 5 heterocycles. The Bertz CT molecular complexity index is 2170. The molecule has 0 amide bonds. The molecule has 0 saturated carbocycles. The third-order valence-electron chi connectivity index (χ3n) is 8.86. The molecule has 7 aromatic rings. The molecule has 8 bridgehead atoms. The molecule has 226 valence electrons. The van der Waals surface area contributed by atoms with Crippen molar-refractivity contribution in [1.82, 2.24) is 19.9 Å². The average molecular weight is 613 g/mol. The zero-order chi connectivity index (χ0) is 31.9. The topological polar surface area (TPSA) is 54.0 Å². The maximum Gasteiger partial charge on any atom is 0.0704 e. The lowest BCUT2D eigenvalue weighted by Crippen LogP contribution is -1.90. The Balaban J connectivity index is 1.49. The van der Waals surface area contributed by atoms with Crippen molar-refractivity contribution >= 4 is 46.4 Å². The molecule has 4 nitrogen and oxygen atoms in total. The van der Waals surface area contributed by atoms with E-state index in [2.05, 4.69) is 146 Å². The summed E-state index contributed by atoms with van der Waals surface area (Å²) in [5.74, 6) is 0. The molecule has 2 aliphatic heterocycles. The van der Waals surface area contributed by atoms with Crippen LogP contribution in [0.2, 0.25) is 0 Å². The Kier molecular flexibility index (Phi) is 6.76. The van der Waals surface area contributed by atoms with Crippen molar-refractivity contribution in [2.45, 2.75) is 0 Å². The van der Waals surface area contributed by atoms with Crippen molar-refractivity contribution in [3.05, 3.63) is 168 Å². The third kappa shape index (κ3) is 4.88. The molecule has 3 aromatic heterocycles. The molecule has 0 saturated heterocycles. The van der Waals surface area contributed by atoms with Crippen molar-refractivity contribution in [2.24, 2.45) is 0 Å². The first kappa shape index (κ1) is 27.8. The van der Waals surface area contributed by atoms with Gasteiger partial charge in [0.15, 0.2) is 0 Å². The number of aromatic nitrogens is 4. The van der Waals surface area contributed by atoms with Crippen LogP contribution in [-0.2, 0) is 0 Å². The summed E-state index contributed by atoms with van der Waals surface area (Å²) in [5, 5.41) is 0. The fourth-order valence-corrected chi connectivity index (χ4v) is 6.69. The summed E-state index contributed by atoms with van der Waals surface area (Å²) in [5.41, 5.74) is 15.0. The zero-order valence-corrected chi connectivity index (χ0v) is 26.0. The first-order chi connectivity index (χ1) is 23.8. The minimum atomic E-state index is 0.861. The van der Waals surface area contributed by atoms with Gasteiger partial charge >= 0.3 is 0 Å². The molecular formula is C44H28N4-2. The number of benzene rings is 4. The molecule has 0 unspecified atom stereocenters. The van der Waals surface area contributed by atoms with Crippen molar-refractivity contribution in [3.8, 4) is 44.5 Å². The van der Waals surface area contributed by atoms with Gasteiger partial charge in [0, 0.05) is 0 Å². The van der Waals surface area contributed by atoms with E-state index in [0.717, 1.165) is 89.4 Å². The summed E-state index contributed by atoms with van der Waals surface area (Å²) in [6.07, 6.45) is 8.41. The van der Waals surface area contributed by atoms with Crippen LogP contribution in [0.1, 0.15) is 22.8 Å². The Labute approximate surface area is 278 Å². The van der Waals surface area contributed by atoms with Gasteiger partial charge in [-0.05, 0) is 68.8 Å². The number of hydrogen-bond donors (Lipinski definition) is 0. The maximum absolute atomic E-state index is 5.31. The summed E-state index contributed by atoms with van der Waals surface area (Å²) >= 11 is 0. The maximum atomic E-state index is 5.31. The molecule has 4 heteroatoms. The van der Waals surface area contributed by atoms with E-state index in [-0.39, 0.29) is 0 Å². The number of hydrogen-bond acceptors (Lipinski definition) is 2. The predicted octanol–water partition coefficient (Wildman–Crippen LogP) is 10.6. The van der Waals surface area contributed by atoms with Crippen LogP contribution in [0.15, 0.2) is 146 Å². The molecule has 0 atom stereocenters.